The van der Waals surface area contributed by atoms with Crippen molar-refractivity contribution in [1.29, 1.82) is 0 Å². The molecule has 2 atom stereocenters. The zero-order chi connectivity index (χ0) is 17.1. The zero-order valence-corrected chi connectivity index (χ0v) is 13.0. The van der Waals surface area contributed by atoms with E-state index in [1.54, 1.807) is 0 Å². The monoisotopic (exact) mass is 335 g/mol. The maximum absolute atomic E-state index is 11.9. The molecule has 2 amide bonds. The Labute approximate surface area is 132 Å². The van der Waals surface area contributed by atoms with Crippen LogP contribution >= 0.6 is 11.8 Å². The molecule has 22 heavy (non-hydrogen) atoms. The fourth-order valence-corrected chi connectivity index (χ4v) is 1.97. The first-order chi connectivity index (χ1) is 10.3. The van der Waals surface area contributed by atoms with Crippen molar-refractivity contribution in [3.05, 3.63) is 0 Å². The van der Waals surface area contributed by atoms with Crippen molar-refractivity contribution in [3.63, 3.8) is 0 Å². The molecule has 0 aromatic heterocycles. The van der Waals surface area contributed by atoms with Gasteiger partial charge < -0.3 is 26.6 Å². The number of rotatable bonds is 11. The number of carboxylic acid groups (broad SMARTS) is 2. The number of nitrogens with one attached hydrogen (secondary N) is 2. The highest BCUT2D eigenvalue weighted by atomic mass is 32.2. The summed E-state index contributed by atoms with van der Waals surface area (Å²) in [5, 5.41) is 21.6. The Balaban J connectivity index is 4.62. The number of carbonyl (C=O) groups excluding carboxylic acids is 2. The Morgan fingerprint density at radius 1 is 1.09 bits per heavy atom. The molecule has 9 nitrogen and oxygen atoms in total. The lowest BCUT2D eigenvalue weighted by molar-refractivity contribution is -0.140. The molecular formula is C12H21N3O6S. The summed E-state index contributed by atoms with van der Waals surface area (Å²) in [6, 6.07) is -1.95. The molecule has 0 aliphatic carbocycles. The van der Waals surface area contributed by atoms with Crippen LogP contribution in [0.5, 0.6) is 0 Å². The first kappa shape index (κ1) is 20.2. The number of hydrogen-bond acceptors (Lipinski definition) is 6. The van der Waals surface area contributed by atoms with Gasteiger partial charge in [-0.1, -0.05) is 0 Å². The van der Waals surface area contributed by atoms with Gasteiger partial charge in [-0.2, -0.15) is 11.8 Å². The first-order valence-electron chi connectivity index (χ1n) is 6.54. The number of thioether (sulfide) groups is 1. The van der Waals surface area contributed by atoms with Crippen molar-refractivity contribution in [2.45, 2.75) is 31.3 Å². The number of carbonyl (C=O) groups is 4. The average Bonchev–Trinajstić information content (AvgIpc) is 2.45. The van der Waals surface area contributed by atoms with Crippen molar-refractivity contribution in [3.8, 4) is 0 Å². The quantitative estimate of drug-likeness (QED) is 0.309. The Morgan fingerprint density at radius 3 is 2.23 bits per heavy atom. The summed E-state index contributed by atoms with van der Waals surface area (Å²) in [6.07, 6.45) is 1.78. The summed E-state index contributed by atoms with van der Waals surface area (Å²) < 4.78 is 0. The second-order valence-electron chi connectivity index (χ2n) is 4.49. The molecule has 6 N–H and O–H groups in total. The minimum Gasteiger partial charge on any atom is -0.481 e. The van der Waals surface area contributed by atoms with Crippen LogP contribution in [0.1, 0.15) is 19.3 Å². The summed E-state index contributed by atoms with van der Waals surface area (Å²) in [5.41, 5.74) is 5.66. The molecule has 0 saturated heterocycles. The number of amides is 2. The van der Waals surface area contributed by atoms with E-state index in [2.05, 4.69) is 10.6 Å². The molecular weight excluding hydrogens is 314 g/mol. The van der Waals surface area contributed by atoms with Crippen molar-refractivity contribution in [2.75, 3.05) is 18.6 Å². The fraction of sp³-hybridized carbons (Fsp3) is 0.667. The van der Waals surface area contributed by atoms with Gasteiger partial charge in [0, 0.05) is 6.42 Å². The normalized spacial score (nSPS) is 13.0. The third-order valence-corrected chi connectivity index (χ3v) is 3.31. The lowest BCUT2D eigenvalue weighted by Gasteiger charge is -2.19. The summed E-state index contributed by atoms with van der Waals surface area (Å²) in [7, 11) is 0. The minimum atomic E-state index is -1.24. The second-order valence-corrected chi connectivity index (χ2v) is 5.48. The van der Waals surface area contributed by atoms with E-state index in [1.165, 1.54) is 11.8 Å². The van der Waals surface area contributed by atoms with Gasteiger partial charge in [0.1, 0.15) is 12.6 Å². The van der Waals surface area contributed by atoms with E-state index in [-0.39, 0.29) is 12.8 Å². The summed E-state index contributed by atoms with van der Waals surface area (Å²) >= 11 is 1.52. The maximum atomic E-state index is 11.9. The molecule has 0 aromatic carbocycles. The Bertz CT molecular complexity index is 418. The van der Waals surface area contributed by atoms with Gasteiger partial charge in [-0.15, -0.1) is 0 Å². The molecule has 0 aromatic rings. The van der Waals surface area contributed by atoms with Crippen LogP contribution in [0.2, 0.25) is 0 Å². The topological polar surface area (TPSA) is 159 Å². The van der Waals surface area contributed by atoms with Crippen LogP contribution in [0, 0.1) is 0 Å². The summed E-state index contributed by atoms with van der Waals surface area (Å²) in [4.78, 5) is 44.7. The summed E-state index contributed by atoms with van der Waals surface area (Å²) in [5.74, 6) is -3.03. The Kier molecular flexibility index (Phi) is 9.96. The van der Waals surface area contributed by atoms with Gasteiger partial charge >= 0.3 is 11.9 Å². The van der Waals surface area contributed by atoms with Crippen LogP contribution in [-0.4, -0.2) is 64.6 Å². The lowest BCUT2D eigenvalue weighted by Crippen LogP contribution is -2.52. The van der Waals surface area contributed by atoms with Gasteiger partial charge in [0.25, 0.3) is 0 Å². The fourth-order valence-electron chi connectivity index (χ4n) is 1.48. The van der Waals surface area contributed by atoms with Gasteiger partial charge in [0.2, 0.25) is 11.8 Å². The third kappa shape index (κ3) is 9.19. The van der Waals surface area contributed by atoms with Gasteiger partial charge in [-0.05, 0) is 24.9 Å². The van der Waals surface area contributed by atoms with Crippen molar-refractivity contribution < 1.29 is 29.4 Å². The maximum Gasteiger partial charge on any atom is 0.322 e. The molecule has 126 valence electrons. The van der Waals surface area contributed by atoms with Crippen molar-refractivity contribution in [2.24, 2.45) is 5.73 Å². The largest absolute Gasteiger partial charge is 0.481 e. The Morgan fingerprint density at radius 2 is 1.73 bits per heavy atom. The lowest BCUT2D eigenvalue weighted by atomic mass is 10.1. The minimum absolute atomic E-state index is 0.151. The van der Waals surface area contributed by atoms with Crippen LogP contribution in [0.3, 0.4) is 0 Å². The average molecular weight is 335 g/mol. The van der Waals surface area contributed by atoms with Crippen LogP contribution in [0.4, 0.5) is 0 Å². The van der Waals surface area contributed by atoms with E-state index in [0.29, 0.717) is 12.2 Å². The predicted molar refractivity (Wildman–Crippen MR) is 80.4 cm³/mol. The predicted octanol–water partition coefficient (Wildman–Crippen LogP) is -1.38. The summed E-state index contributed by atoms with van der Waals surface area (Å²) in [6.45, 7) is -0.614. The van der Waals surface area contributed by atoms with E-state index < -0.39 is 42.4 Å². The van der Waals surface area contributed by atoms with Gasteiger partial charge in [-0.25, -0.2) is 0 Å². The molecule has 0 bridgehead atoms. The molecule has 0 rings (SSSR count). The molecule has 0 aliphatic heterocycles. The van der Waals surface area contributed by atoms with E-state index in [9.17, 15) is 19.2 Å². The van der Waals surface area contributed by atoms with Crippen molar-refractivity contribution >= 4 is 35.5 Å². The second kappa shape index (κ2) is 10.9. The van der Waals surface area contributed by atoms with E-state index in [0.717, 1.165) is 0 Å². The molecule has 0 spiro atoms. The van der Waals surface area contributed by atoms with Gasteiger partial charge in [0.15, 0.2) is 0 Å². The number of aliphatic carboxylic acids is 2. The smallest absolute Gasteiger partial charge is 0.322 e. The van der Waals surface area contributed by atoms with Gasteiger partial charge in [0.05, 0.1) is 6.04 Å². The number of nitrogens with two attached hydrogens (primary N) is 1. The van der Waals surface area contributed by atoms with Crippen molar-refractivity contribution in [1.82, 2.24) is 10.6 Å². The van der Waals surface area contributed by atoms with Crippen LogP contribution in [-0.2, 0) is 19.2 Å². The highest BCUT2D eigenvalue weighted by Crippen LogP contribution is 2.02. The van der Waals surface area contributed by atoms with Crippen LogP contribution in [0.15, 0.2) is 0 Å². The molecule has 0 radical (unpaired) electrons. The van der Waals surface area contributed by atoms with Crippen LogP contribution < -0.4 is 16.4 Å². The molecule has 0 fully saturated rings. The van der Waals surface area contributed by atoms with Crippen LogP contribution in [0.25, 0.3) is 0 Å². The Hall–Kier alpha value is -1.81. The van der Waals surface area contributed by atoms with E-state index >= 15 is 0 Å². The van der Waals surface area contributed by atoms with E-state index in [1.807, 2.05) is 6.26 Å². The van der Waals surface area contributed by atoms with E-state index in [4.69, 9.17) is 15.9 Å². The first-order valence-corrected chi connectivity index (χ1v) is 7.93. The molecule has 0 saturated carbocycles. The third-order valence-electron chi connectivity index (χ3n) is 2.66. The molecule has 10 heteroatoms. The molecule has 0 heterocycles. The number of carboxylic acids is 2. The standard InChI is InChI=1S/C12H21N3O6S/c1-22-5-4-7(13)11(20)15-8(2-3-9(16)17)12(21)14-6-10(18)19/h7-8H,2-6,13H2,1H3,(H,14,21)(H,15,20)(H,16,17)(H,18,19)/t7-,8-/m0/s1. The molecule has 0 unspecified atom stereocenters. The molecule has 0 aliphatic rings. The van der Waals surface area contributed by atoms with Gasteiger partial charge in [-0.3, -0.25) is 19.2 Å². The highest BCUT2D eigenvalue weighted by Gasteiger charge is 2.24. The SMILES string of the molecule is CSCC[C@H](N)C(=O)N[C@@H](CCC(=O)O)C(=O)NCC(=O)O. The number of hydrogen-bond donors (Lipinski definition) is 5. The zero-order valence-electron chi connectivity index (χ0n) is 12.2. The highest BCUT2D eigenvalue weighted by molar-refractivity contribution is 7.98.